The number of esters is 1. The van der Waals surface area contributed by atoms with E-state index in [0.717, 1.165) is 12.0 Å². The highest BCUT2D eigenvalue weighted by molar-refractivity contribution is 5.98. The Bertz CT molecular complexity index is 496. The van der Waals surface area contributed by atoms with Crippen LogP contribution >= 0.6 is 0 Å². The molecule has 18 heavy (non-hydrogen) atoms. The Morgan fingerprint density at radius 2 is 2.06 bits per heavy atom. The lowest BCUT2D eigenvalue weighted by Gasteiger charge is -2.11. The summed E-state index contributed by atoms with van der Waals surface area (Å²) in [7, 11) is 1.35. The fraction of sp³-hybridized carbons (Fsp3) is 0.429. The summed E-state index contributed by atoms with van der Waals surface area (Å²) < 4.78 is 4.70. The molecule has 1 amide bonds. The van der Waals surface area contributed by atoms with Crippen molar-refractivity contribution in [1.29, 1.82) is 0 Å². The summed E-state index contributed by atoms with van der Waals surface area (Å²) >= 11 is 0. The molecule has 2 rings (SSSR count). The molecular weight excluding hydrogens is 230 g/mol. The van der Waals surface area contributed by atoms with Gasteiger partial charge < -0.3 is 10.1 Å². The Morgan fingerprint density at radius 3 is 2.61 bits per heavy atom. The topological polar surface area (TPSA) is 55.4 Å². The number of rotatable bonds is 3. The number of hydrogen-bond donors (Lipinski definition) is 1. The molecule has 0 radical (unpaired) electrons. The molecule has 0 bridgehead atoms. The van der Waals surface area contributed by atoms with Crippen molar-refractivity contribution in [3.8, 4) is 0 Å². The molecule has 1 aromatic rings. The molecule has 0 heterocycles. The van der Waals surface area contributed by atoms with Gasteiger partial charge in [-0.2, -0.15) is 0 Å². The van der Waals surface area contributed by atoms with Crippen LogP contribution in [0, 0.1) is 18.8 Å². The molecule has 0 saturated heterocycles. The molecular formula is C14H17NO3. The minimum Gasteiger partial charge on any atom is -0.465 e. The summed E-state index contributed by atoms with van der Waals surface area (Å²) in [6.07, 6.45) is 0.946. The van der Waals surface area contributed by atoms with Gasteiger partial charge in [-0.25, -0.2) is 4.79 Å². The van der Waals surface area contributed by atoms with Gasteiger partial charge in [-0.1, -0.05) is 13.0 Å². The van der Waals surface area contributed by atoms with E-state index >= 15 is 0 Å². The molecule has 0 spiro atoms. The number of hydrogen-bond acceptors (Lipinski definition) is 3. The maximum atomic E-state index is 11.9. The molecule has 4 nitrogen and oxygen atoms in total. The number of methoxy groups -OCH3 is 1. The standard InChI is InChI=1S/C14H17NO3/c1-8-7-11(8)13(16)15-12-6-4-5-10(9(12)2)14(17)18-3/h4-6,8,11H,7H2,1-3H3,(H,15,16). The molecule has 4 heteroatoms. The van der Waals surface area contributed by atoms with Gasteiger partial charge in [0.05, 0.1) is 12.7 Å². The predicted octanol–water partition coefficient (Wildman–Crippen LogP) is 2.38. The van der Waals surface area contributed by atoms with Gasteiger partial charge in [0.15, 0.2) is 0 Å². The molecule has 1 aromatic carbocycles. The minimum absolute atomic E-state index is 0.0348. The van der Waals surface area contributed by atoms with Crippen molar-refractivity contribution in [2.75, 3.05) is 12.4 Å². The highest BCUT2D eigenvalue weighted by Gasteiger charge is 2.39. The Balaban J connectivity index is 2.18. The summed E-state index contributed by atoms with van der Waals surface area (Å²) in [4.78, 5) is 23.4. The number of ether oxygens (including phenoxy) is 1. The van der Waals surface area contributed by atoms with Crippen molar-refractivity contribution in [2.24, 2.45) is 11.8 Å². The highest BCUT2D eigenvalue weighted by atomic mass is 16.5. The zero-order valence-electron chi connectivity index (χ0n) is 10.8. The lowest BCUT2D eigenvalue weighted by atomic mass is 10.1. The van der Waals surface area contributed by atoms with Crippen LogP contribution < -0.4 is 5.32 Å². The first kappa shape index (κ1) is 12.6. The van der Waals surface area contributed by atoms with Crippen molar-refractivity contribution in [2.45, 2.75) is 20.3 Å². The third kappa shape index (κ3) is 2.37. The maximum absolute atomic E-state index is 11.9. The van der Waals surface area contributed by atoms with E-state index in [2.05, 4.69) is 12.2 Å². The van der Waals surface area contributed by atoms with Crippen LogP contribution in [0.2, 0.25) is 0 Å². The fourth-order valence-corrected chi connectivity index (χ4v) is 2.02. The van der Waals surface area contributed by atoms with E-state index in [9.17, 15) is 9.59 Å². The van der Waals surface area contributed by atoms with Gasteiger partial charge >= 0.3 is 5.97 Å². The normalized spacial score (nSPS) is 21.3. The van der Waals surface area contributed by atoms with E-state index in [-0.39, 0.29) is 17.8 Å². The lowest BCUT2D eigenvalue weighted by Crippen LogP contribution is -2.16. The molecule has 0 aliphatic heterocycles. The molecule has 1 aliphatic rings. The highest BCUT2D eigenvalue weighted by Crippen LogP contribution is 2.38. The van der Waals surface area contributed by atoms with Crippen LogP contribution in [-0.2, 0) is 9.53 Å². The van der Waals surface area contributed by atoms with E-state index in [1.807, 2.05) is 0 Å². The van der Waals surface area contributed by atoms with Crippen LogP contribution in [0.3, 0.4) is 0 Å². The predicted molar refractivity (Wildman–Crippen MR) is 68.4 cm³/mol. The zero-order chi connectivity index (χ0) is 13.3. The van der Waals surface area contributed by atoms with Gasteiger partial charge in [-0.15, -0.1) is 0 Å². The number of benzene rings is 1. The van der Waals surface area contributed by atoms with Crippen molar-refractivity contribution < 1.29 is 14.3 Å². The SMILES string of the molecule is COC(=O)c1cccc(NC(=O)C2CC2C)c1C. The van der Waals surface area contributed by atoms with Gasteiger partial charge in [0.1, 0.15) is 0 Å². The second-order valence-electron chi connectivity index (χ2n) is 4.78. The Morgan fingerprint density at radius 1 is 1.39 bits per heavy atom. The summed E-state index contributed by atoms with van der Waals surface area (Å²) in [6.45, 7) is 3.86. The largest absolute Gasteiger partial charge is 0.465 e. The summed E-state index contributed by atoms with van der Waals surface area (Å²) in [5, 5.41) is 2.88. The molecule has 1 fully saturated rings. The summed E-state index contributed by atoms with van der Waals surface area (Å²) in [6, 6.07) is 5.23. The van der Waals surface area contributed by atoms with Gasteiger partial charge in [-0.05, 0) is 37.0 Å². The van der Waals surface area contributed by atoms with E-state index < -0.39 is 0 Å². The number of carbonyl (C=O) groups is 2. The molecule has 0 aromatic heterocycles. The molecule has 1 aliphatic carbocycles. The van der Waals surface area contributed by atoms with Crippen LogP contribution in [0.1, 0.15) is 29.3 Å². The Labute approximate surface area is 106 Å². The van der Waals surface area contributed by atoms with Crippen LogP contribution in [0.25, 0.3) is 0 Å². The molecule has 2 atom stereocenters. The summed E-state index contributed by atoms with van der Waals surface area (Å²) in [5.74, 6) is 0.233. The summed E-state index contributed by atoms with van der Waals surface area (Å²) in [5.41, 5.74) is 1.91. The lowest BCUT2D eigenvalue weighted by molar-refractivity contribution is -0.117. The van der Waals surface area contributed by atoms with Gasteiger partial charge in [0.2, 0.25) is 5.91 Å². The van der Waals surface area contributed by atoms with E-state index in [0.29, 0.717) is 17.2 Å². The van der Waals surface area contributed by atoms with E-state index in [4.69, 9.17) is 4.74 Å². The number of carbonyl (C=O) groups excluding carboxylic acids is 2. The average molecular weight is 247 g/mol. The van der Waals surface area contributed by atoms with E-state index in [1.54, 1.807) is 25.1 Å². The van der Waals surface area contributed by atoms with Crippen molar-refractivity contribution in [3.63, 3.8) is 0 Å². The maximum Gasteiger partial charge on any atom is 0.338 e. The van der Waals surface area contributed by atoms with Gasteiger partial charge in [-0.3, -0.25) is 4.79 Å². The van der Waals surface area contributed by atoms with Crippen molar-refractivity contribution >= 4 is 17.6 Å². The van der Waals surface area contributed by atoms with Crippen LogP contribution in [0.4, 0.5) is 5.69 Å². The minimum atomic E-state index is -0.386. The Kier molecular flexibility index (Phi) is 3.36. The third-order valence-corrected chi connectivity index (χ3v) is 3.44. The second kappa shape index (κ2) is 4.80. The number of amides is 1. The van der Waals surface area contributed by atoms with Gasteiger partial charge in [0, 0.05) is 11.6 Å². The molecule has 96 valence electrons. The number of anilines is 1. The first-order valence-corrected chi connectivity index (χ1v) is 6.03. The second-order valence-corrected chi connectivity index (χ2v) is 4.78. The van der Waals surface area contributed by atoms with Crippen molar-refractivity contribution in [3.05, 3.63) is 29.3 Å². The first-order chi connectivity index (χ1) is 8.54. The van der Waals surface area contributed by atoms with Crippen LogP contribution in [0.5, 0.6) is 0 Å². The molecule has 2 unspecified atom stereocenters. The number of nitrogens with one attached hydrogen (secondary N) is 1. The fourth-order valence-electron chi connectivity index (χ4n) is 2.02. The van der Waals surface area contributed by atoms with Crippen molar-refractivity contribution in [1.82, 2.24) is 0 Å². The monoisotopic (exact) mass is 247 g/mol. The van der Waals surface area contributed by atoms with Gasteiger partial charge in [0.25, 0.3) is 0 Å². The van der Waals surface area contributed by atoms with Crippen LogP contribution in [0.15, 0.2) is 18.2 Å². The van der Waals surface area contributed by atoms with Crippen LogP contribution in [-0.4, -0.2) is 19.0 Å². The zero-order valence-corrected chi connectivity index (χ0v) is 10.8. The third-order valence-electron chi connectivity index (χ3n) is 3.44. The Hall–Kier alpha value is -1.84. The smallest absolute Gasteiger partial charge is 0.338 e. The van der Waals surface area contributed by atoms with E-state index in [1.165, 1.54) is 7.11 Å². The quantitative estimate of drug-likeness (QED) is 0.834. The molecule has 1 saturated carbocycles. The molecule has 1 N–H and O–H groups in total. The average Bonchev–Trinajstić information content (AvgIpc) is 3.08. The first-order valence-electron chi connectivity index (χ1n) is 6.03.